The summed E-state index contributed by atoms with van der Waals surface area (Å²) in [6.45, 7) is 5.07. The van der Waals surface area contributed by atoms with Crippen LogP contribution in [-0.2, 0) is 4.79 Å². The molecule has 1 aromatic carbocycles. The van der Waals surface area contributed by atoms with E-state index in [1.54, 1.807) is 0 Å². The molecule has 2 N–H and O–H groups in total. The minimum atomic E-state index is 0. The molecule has 1 saturated heterocycles. The Bertz CT molecular complexity index is 455. The van der Waals surface area contributed by atoms with Crippen molar-refractivity contribution in [1.29, 1.82) is 0 Å². The van der Waals surface area contributed by atoms with Crippen LogP contribution in [0.15, 0.2) is 16.6 Å². The summed E-state index contributed by atoms with van der Waals surface area (Å²) in [7, 11) is 0. The number of carbonyl (C=O) groups is 1. The molecule has 1 aromatic rings. The lowest BCUT2D eigenvalue weighted by molar-refractivity contribution is -0.116. The van der Waals surface area contributed by atoms with Crippen molar-refractivity contribution in [3.8, 4) is 0 Å². The Morgan fingerprint density at radius 3 is 2.65 bits per heavy atom. The number of rotatable bonds is 3. The molecule has 6 heteroatoms. The van der Waals surface area contributed by atoms with Gasteiger partial charge in [0.15, 0.2) is 0 Å². The number of hydrogen-bond donors (Lipinski definition) is 2. The molecule has 0 aliphatic carbocycles. The van der Waals surface area contributed by atoms with Crippen LogP contribution in [0.25, 0.3) is 0 Å². The molecule has 0 radical (unpaired) electrons. The van der Waals surface area contributed by atoms with E-state index in [9.17, 15) is 4.79 Å². The number of amides is 1. The fourth-order valence-electron chi connectivity index (χ4n) is 2.20. The van der Waals surface area contributed by atoms with E-state index in [1.165, 1.54) is 0 Å². The lowest BCUT2D eigenvalue weighted by atomic mass is 10.1. The monoisotopic (exact) mass is 378 g/mol. The van der Waals surface area contributed by atoms with Crippen LogP contribution in [0.5, 0.6) is 0 Å². The van der Waals surface area contributed by atoms with Crippen molar-refractivity contribution in [1.82, 2.24) is 5.32 Å². The fraction of sp³-hybridized carbons (Fsp3) is 0.500. The van der Waals surface area contributed by atoms with Gasteiger partial charge in [0.1, 0.15) is 0 Å². The molecule has 1 amide bonds. The molecule has 0 spiro atoms. The third kappa shape index (κ3) is 4.95. The Labute approximate surface area is 139 Å². The zero-order chi connectivity index (χ0) is 13.8. The van der Waals surface area contributed by atoms with Crippen LogP contribution in [0.2, 0.25) is 0 Å². The van der Waals surface area contributed by atoms with Gasteiger partial charge >= 0.3 is 0 Å². The normalized spacial score (nSPS) is 18.2. The SMILES string of the molecule is Cc1cc(NC(=O)CC2CSCCN2)cc(C)c1Br.Cl. The number of anilines is 1. The Kier molecular flexibility index (Phi) is 7.37. The zero-order valence-corrected chi connectivity index (χ0v) is 14.9. The molecular formula is C14H20BrClN2OS. The third-order valence-corrected chi connectivity index (χ3v) is 5.53. The lowest BCUT2D eigenvalue weighted by Crippen LogP contribution is -2.39. The van der Waals surface area contributed by atoms with Crippen LogP contribution >= 0.6 is 40.1 Å². The second kappa shape index (κ2) is 8.27. The van der Waals surface area contributed by atoms with E-state index in [-0.39, 0.29) is 18.3 Å². The number of hydrogen-bond acceptors (Lipinski definition) is 3. The van der Waals surface area contributed by atoms with Gasteiger partial charge in [0.05, 0.1) is 0 Å². The van der Waals surface area contributed by atoms with Crippen LogP contribution < -0.4 is 10.6 Å². The number of aryl methyl sites for hydroxylation is 2. The number of nitrogens with one attached hydrogen (secondary N) is 2. The summed E-state index contributed by atoms with van der Waals surface area (Å²) in [6, 6.07) is 4.30. The molecular weight excluding hydrogens is 360 g/mol. The van der Waals surface area contributed by atoms with E-state index in [1.807, 2.05) is 37.7 Å². The molecule has 0 aromatic heterocycles. The van der Waals surface area contributed by atoms with Crippen molar-refractivity contribution >= 4 is 51.7 Å². The number of thioether (sulfide) groups is 1. The van der Waals surface area contributed by atoms with E-state index in [2.05, 4.69) is 26.6 Å². The van der Waals surface area contributed by atoms with E-state index in [0.29, 0.717) is 12.5 Å². The van der Waals surface area contributed by atoms with E-state index in [0.717, 1.165) is 39.3 Å². The van der Waals surface area contributed by atoms with Gasteiger partial charge in [-0.2, -0.15) is 11.8 Å². The van der Waals surface area contributed by atoms with Gasteiger partial charge in [-0.25, -0.2) is 0 Å². The summed E-state index contributed by atoms with van der Waals surface area (Å²) in [6.07, 6.45) is 0.543. The maximum absolute atomic E-state index is 12.0. The molecule has 1 fully saturated rings. The van der Waals surface area contributed by atoms with Gasteiger partial charge in [-0.3, -0.25) is 4.79 Å². The van der Waals surface area contributed by atoms with Gasteiger partial charge in [0, 0.05) is 40.7 Å². The van der Waals surface area contributed by atoms with Crippen molar-refractivity contribution in [2.24, 2.45) is 0 Å². The zero-order valence-electron chi connectivity index (χ0n) is 11.7. The Morgan fingerprint density at radius 2 is 2.10 bits per heavy atom. The summed E-state index contributed by atoms with van der Waals surface area (Å²) in [5.74, 6) is 2.25. The molecule has 2 rings (SSSR count). The molecule has 1 unspecified atom stereocenters. The highest BCUT2D eigenvalue weighted by Crippen LogP contribution is 2.25. The predicted molar refractivity (Wildman–Crippen MR) is 93.2 cm³/mol. The first kappa shape index (κ1) is 17.8. The molecule has 112 valence electrons. The predicted octanol–water partition coefficient (Wildman–Crippen LogP) is 3.52. The minimum Gasteiger partial charge on any atom is -0.326 e. The Hall–Kier alpha value is -0.230. The minimum absolute atomic E-state index is 0. The number of carbonyl (C=O) groups excluding carboxylic acids is 1. The van der Waals surface area contributed by atoms with Crippen LogP contribution in [-0.4, -0.2) is 30.0 Å². The third-order valence-electron chi connectivity index (χ3n) is 3.15. The topological polar surface area (TPSA) is 41.1 Å². The fourth-order valence-corrected chi connectivity index (χ4v) is 3.38. The highest BCUT2D eigenvalue weighted by molar-refractivity contribution is 9.10. The smallest absolute Gasteiger partial charge is 0.225 e. The summed E-state index contributed by atoms with van der Waals surface area (Å²) >= 11 is 5.44. The first-order chi connectivity index (χ1) is 9.06. The summed E-state index contributed by atoms with van der Waals surface area (Å²) in [5.41, 5.74) is 3.16. The van der Waals surface area contributed by atoms with Gasteiger partial charge < -0.3 is 10.6 Å². The molecule has 0 saturated carbocycles. The number of halogens is 2. The molecule has 1 heterocycles. The average molecular weight is 380 g/mol. The first-order valence-electron chi connectivity index (χ1n) is 6.44. The average Bonchev–Trinajstić information content (AvgIpc) is 2.37. The van der Waals surface area contributed by atoms with Crippen LogP contribution in [0.1, 0.15) is 17.5 Å². The Balaban J connectivity index is 0.00000200. The second-order valence-electron chi connectivity index (χ2n) is 4.90. The highest BCUT2D eigenvalue weighted by atomic mass is 79.9. The van der Waals surface area contributed by atoms with E-state index in [4.69, 9.17) is 0 Å². The second-order valence-corrected chi connectivity index (χ2v) is 6.85. The standard InChI is InChI=1S/C14H19BrN2OS.ClH/c1-9-5-11(6-10(2)14(9)15)17-13(18)7-12-8-19-4-3-16-12;/h5-6,12,16H,3-4,7-8H2,1-2H3,(H,17,18);1H. The van der Waals surface area contributed by atoms with Crippen molar-refractivity contribution < 1.29 is 4.79 Å². The van der Waals surface area contributed by atoms with Crippen molar-refractivity contribution in [2.45, 2.75) is 26.3 Å². The number of benzene rings is 1. The van der Waals surface area contributed by atoms with Crippen LogP contribution in [0, 0.1) is 13.8 Å². The quantitative estimate of drug-likeness (QED) is 0.844. The van der Waals surface area contributed by atoms with Crippen molar-refractivity contribution in [3.05, 3.63) is 27.7 Å². The Morgan fingerprint density at radius 1 is 1.45 bits per heavy atom. The summed E-state index contributed by atoms with van der Waals surface area (Å²) in [4.78, 5) is 12.0. The molecule has 1 aliphatic rings. The van der Waals surface area contributed by atoms with Gasteiger partial charge in [-0.15, -0.1) is 12.4 Å². The molecule has 1 atom stereocenters. The van der Waals surface area contributed by atoms with Gasteiger partial charge in [-0.1, -0.05) is 15.9 Å². The molecule has 1 aliphatic heterocycles. The largest absolute Gasteiger partial charge is 0.326 e. The van der Waals surface area contributed by atoms with E-state index >= 15 is 0 Å². The molecule has 3 nitrogen and oxygen atoms in total. The first-order valence-corrected chi connectivity index (χ1v) is 8.39. The van der Waals surface area contributed by atoms with Crippen molar-refractivity contribution in [3.63, 3.8) is 0 Å². The highest BCUT2D eigenvalue weighted by Gasteiger charge is 2.17. The lowest BCUT2D eigenvalue weighted by Gasteiger charge is -2.22. The van der Waals surface area contributed by atoms with Crippen molar-refractivity contribution in [2.75, 3.05) is 23.4 Å². The van der Waals surface area contributed by atoms with Gasteiger partial charge in [0.2, 0.25) is 5.91 Å². The van der Waals surface area contributed by atoms with Crippen LogP contribution in [0.4, 0.5) is 5.69 Å². The van der Waals surface area contributed by atoms with Gasteiger partial charge in [0.25, 0.3) is 0 Å². The summed E-state index contributed by atoms with van der Waals surface area (Å²) in [5, 5.41) is 6.37. The molecule has 20 heavy (non-hydrogen) atoms. The maximum Gasteiger partial charge on any atom is 0.225 e. The van der Waals surface area contributed by atoms with E-state index < -0.39 is 0 Å². The molecule has 0 bridgehead atoms. The van der Waals surface area contributed by atoms with Gasteiger partial charge in [-0.05, 0) is 37.1 Å². The maximum atomic E-state index is 12.0. The summed E-state index contributed by atoms with van der Waals surface area (Å²) < 4.78 is 1.11. The van der Waals surface area contributed by atoms with Crippen LogP contribution in [0.3, 0.4) is 0 Å².